The number of hydrogen-bond acceptors (Lipinski definition) is 8. The number of rotatable bonds is 6. The van der Waals surface area contributed by atoms with Gasteiger partial charge in [-0.05, 0) is 33.6 Å². The van der Waals surface area contributed by atoms with Gasteiger partial charge in [0, 0.05) is 12.6 Å². The second-order valence-corrected chi connectivity index (χ2v) is 7.03. The van der Waals surface area contributed by atoms with Crippen molar-refractivity contribution in [2.24, 2.45) is 5.16 Å². The Hall–Kier alpha value is -3.20. The summed E-state index contributed by atoms with van der Waals surface area (Å²) in [7, 11) is 0. The Morgan fingerprint density at radius 1 is 1.11 bits per heavy atom. The van der Waals surface area contributed by atoms with Crippen LogP contribution in [0, 0.1) is 0 Å². The van der Waals surface area contributed by atoms with E-state index in [-0.39, 0.29) is 6.10 Å². The molecule has 0 spiro atoms. The molecule has 9 heteroatoms. The summed E-state index contributed by atoms with van der Waals surface area (Å²) >= 11 is 3.44. The van der Waals surface area contributed by atoms with Gasteiger partial charge in [-0.15, -0.1) is 0 Å². The molecule has 4 N–H and O–H groups in total. The Morgan fingerprint density at radius 2 is 1.96 bits per heavy atom. The van der Waals surface area contributed by atoms with E-state index in [4.69, 9.17) is 10.6 Å². The molecule has 1 aliphatic rings. The van der Waals surface area contributed by atoms with Gasteiger partial charge >= 0.3 is 0 Å². The number of aromatic nitrogens is 3. The Kier molecular flexibility index (Phi) is 5.34. The quantitative estimate of drug-likeness (QED) is 0.538. The third kappa shape index (κ3) is 4.37. The maximum Gasteiger partial charge on any atom is 0.224 e. The van der Waals surface area contributed by atoms with E-state index in [9.17, 15) is 0 Å². The molecule has 0 radical (unpaired) electrons. The number of halogens is 1. The van der Waals surface area contributed by atoms with Crippen LogP contribution in [-0.4, -0.2) is 33.3 Å². The average Bonchev–Trinajstić information content (AvgIpc) is 3.18. The highest BCUT2D eigenvalue weighted by Gasteiger charge is 2.22. The fraction of sp³-hybridized carbons (Fsp3) is 0.158. The lowest BCUT2D eigenvalue weighted by Gasteiger charge is -2.12. The fourth-order valence-electron chi connectivity index (χ4n) is 2.73. The van der Waals surface area contributed by atoms with Crippen molar-refractivity contribution in [1.82, 2.24) is 15.0 Å². The number of nitrogens with two attached hydrogens (primary N) is 1. The second kappa shape index (κ2) is 8.22. The van der Waals surface area contributed by atoms with Crippen LogP contribution in [0.4, 0.5) is 23.4 Å². The number of oxime groups is 1. The van der Waals surface area contributed by atoms with Crippen molar-refractivity contribution in [2.75, 3.05) is 22.9 Å². The summed E-state index contributed by atoms with van der Waals surface area (Å²) in [6, 6.07) is 15.4. The molecule has 28 heavy (non-hydrogen) atoms. The number of nitrogens with one attached hydrogen (secondary N) is 2. The van der Waals surface area contributed by atoms with Crippen LogP contribution < -0.4 is 16.4 Å². The van der Waals surface area contributed by atoms with E-state index in [1.165, 1.54) is 0 Å². The van der Waals surface area contributed by atoms with Crippen molar-refractivity contribution in [2.45, 2.75) is 12.5 Å². The van der Waals surface area contributed by atoms with E-state index in [2.05, 4.69) is 46.7 Å². The number of nitrogen functional groups attached to an aromatic ring is 1. The van der Waals surface area contributed by atoms with Gasteiger partial charge in [0.25, 0.3) is 0 Å². The van der Waals surface area contributed by atoms with Crippen molar-refractivity contribution in [3.63, 3.8) is 0 Å². The van der Waals surface area contributed by atoms with E-state index >= 15 is 0 Å². The van der Waals surface area contributed by atoms with E-state index in [0.717, 1.165) is 17.7 Å². The van der Waals surface area contributed by atoms with Gasteiger partial charge in [-0.3, -0.25) is 0 Å². The molecule has 0 aliphatic carbocycles. The van der Waals surface area contributed by atoms with Crippen molar-refractivity contribution in [3.8, 4) is 0 Å². The zero-order valence-corrected chi connectivity index (χ0v) is 16.4. The molecule has 4 rings (SSSR count). The van der Waals surface area contributed by atoms with E-state index < -0.39 is 0 Å². The number of hydrogen-bond donors (Lipinski definition) is 3. The summed E-state index contributed by atoms with van der Waals surface area (Å²) in [6.45, 7) is 0.539. The molecule has 1 atom stereocenters. The van der Waals surface area contributed by atoms with Gasteiger partial charge in [-0.25, -0.2) is 9.97 Å². The number of nitrogens with zero attached hydrogens (tertiary/aromatic N) is 4. The Morgan fingerprint density at radius 3 is 2.79 bits per heavy atom. The van der Waals surface area contributed by atoms with Crippen LogP contribution in [0.3, 0.4) is 0 Å². The van der Waals surface area contributed by atoms with Gasteiger partial charge in [0.1, 0.15) is 17.7 Å². The molecule has 0 fully saturated rings. The first-order valence-electron chi connectivity index (χ1n) is 8.71. The molecule has 1 aliphatic heterocycles. The van der Waals surface area contributed by atoms with Crippen LogP contribution in [0.5, 0.6) is 0 Å². The van der Waals surface area contributed by atoms with Crippen LogP contribution in [-0.2, 0) is 4.84 Å². The van der Waals surface area contributed by atoms with Gasteiger partial charge in [-0.2, -0.15) is 4.98 Å². The summed E-state index contributed by atoms with van der Waals surface area (Å²) < 4.78 is 0.717. The topological polar surface area (TPSA) is 110 Å². The number of pyridine rings is 1. The number of benzene rings is 1. The molecule has 1 unspecified atom stereocenters. The van der Waals surface area contributed by atoms with Crippen LogP contribution in [0.1, 0.15) is 12.0 Å². The summed E-state index contributed by atoms with van der Waals surface area (Å²) in [5.41, 5.74) is 7.74. The molecule has 0 saturated carbocycles. The van der Waals surface area contributed by atoms with Gasteiger partial charge in [0.15, 0.2) is 5.82 Å². The van der Waals surface area contributed by atoms with Crippen molar-refractivity contribution >= 4 is 45.0 Å². The standard InChI is InChI=1S/C19H18BrN7O/c20-14-11-23-19(26-18(14)25-17-8-4-7-16(21)24-17)22-10-13-9-15(27-28-13)12-5-2-1-3-6-12/h1-8,11,13H,9-10H2,(H4,21,22,23,24,25,26). The molecular formula is C19H18BrN7O. The minimum Gasteiger partial charge on any atom is -0.390 e. The van der Waals surface area contributed by atoms with Crippen molar-refractivity contribution in [3.05, 3.63) is 64.8 Å². The summed E-state index contributed by atoms with van der Waals surface area (Å²) in [5, 5.41) is 10.5. The largest absolute Gasteiger partial charge is 0.390 e. The zero-order valence-electron chi connectivity index (χ0n) is 14.8. The lowest BCUT2D eigenvalue weighted by Crippen LogP contribution is -2.21. The molecule has 1 aromatic carbocycles. The van der Waals surface area contributed by atoms with Gasteiger partial charge < -0.3 is 21.2 Å². The summed E-state index contributed by atoms with van der Waals surface area (Å²) in [5.74, 6) is 2.10. The van der Waals surface area contributed by atoms with Crippen molar-refractivity contribution < 1.29 is 4.84 Å². The predicted molar refractivity (Wildman–Crippen MR) is 113 cm³/mol. The fourth-order valence-corrected chi connectivity index (χ4v) is 3.02. The van der Waals surface area contributed by atoms with Crippen molar-refractivity contribution in [1.29, 1.82) is 0 Å². The lowest BCUT2D eigenvalue weighted by atomic mass is 10.1. The predicted octanol–water partition coefficient (Wildman–Crippen LogP) is 3.57. The SMILES string of the molecule is Nc1cccc(Nc2nc(NCC3CC(c4ccccc4)=NO3)ncc2Br)n1. The molecule has 142 valence electrons. The van der Waals surface area contributed by atoms with Gasteiger partial charge in [-0.1, -0.05) is 41.6 Å². The third-order valence-electron chi connectivity index (χ3n) is 4.09. The maximum atomic E-state index is 5.72. The molecule has 3 aromatic rings. The normalized spacial score (nSPS) is 15.6. The van der Waals surface area contributed by atoms with E-state index in [1.54, 1.807) is 12.3 Å². The highest BCUT2D eigenvalue weighted by Crippen LogP contribution is 2.24. The first-order chi connectivity index (χ1) is 13.7. The highest BCUT2D eigenvalue weighted by atomic mass is 79.9. The molecule has 0 saturated heterocycles. The summed E-state index contributed by atoms with van der Waals surface area (Å²) in [4.78, 5) is 18.5. The molecule has 0 bridgehead atoms. The highest BCUT2D eigenvalue weighted by molar-refractivity contribution is 9.10. The van der Waals surface area contributed by atoms with E-state index in [0.29, 0.717) is 34.4 Å². The molecule has 0 amide bonds. The second-order valence-electron chi connectivity index (χ2n) is 6.18. The molecule has 2 aromatic heterocycles. The summed E-state index contributed by atoms with van der Waals surface area (Å²) in [6.07, 6.45) is 2.33. The van der Waals surface area contributed by atoms with Gasteiger partial charge in [0.2, 0.25) is 5.95 Å². The Bertz CT molecular complexity index is 997. The average molecular weight is 440 g/mol. The molecule has 3 heterocycles. The molecule has 8 nitrogen and oxygen atoms in total. The van der Waals surface area contributed by atoms with Crippen LogP contribution in [0.25, 0.3) is 0 Å². The minimum atomic E-state index is -0.0746. The Balaban J connectivity index is 1.37. The first kappa shape index (κ1) is 18.2. The van der Waals surface area contributed by atoms with Crippen LogP contribution >= 0.6 is 15.9 Å². The number of anilines is 4. The molecular weight excluding hydrogens is 422 g/mol. The van der Waals surface area contributed by atoms with E-state index in [1.807, 2.05) is 42.5 Å². The smallest absolute Gasteiger partial charge is 0.224 e. The lowest BCUT2D eigenvalue weighted by molar-refractivity contribution is 0.0948. The Labute approximate surface area is 170 Å². The van der Waals surface area contributed by atoms with Crippen LogP contribution in [0.15, 0.2) is 64.4 Å². The first-order valence-corrected chi connectivity index (χ1v) is 9.51. The van der Waals surface area contributed by atoms with Crippen LogP contribution in [0.2, 0.25) is 0 Å². The zero-order chi connectivity index (χ0) is 19.3. The van der Waals surface area contributed by atoms with Gasteiger partial charge in [0.05, 0.1) is 16.7 Å². The monoisotopic (exact) mass is 439 g/mol. The maximum absolute atomic E-state index is 5.72. The minimum absolute atomic E-state index is 0.0746. The third-order valence-corrected chi connectivity index (χ3v) is 4.67.